The van der Waals surface area contributed by atoms with Crippen molar-refractivity contribution in [2.75, 3.05) is 31.6 Å². The van der Waals surface area contributed by atoms with Crippen LogP contribution in [0.2, 0.25) is 0 Å². The average molecular weight is 278 g/mol. The van der Waals surface area contributed by atoms with Crippen molar-refractivity contribution in [3.63, 3.8) is 0 Å². The number of carbonyl (C=O) groups excluding carboxylic acids is 1. The van der Waals surface area contributed by atoms with Gasteiger partial charge in [0, 0.05) is 18.4 Å². The number of amides is 1. The van der Waals surface area contributed by atoms with E-state index in [0.717, 1.165) is 37.4 Å². The lowest BCUT2D eigenvalue weighted by Crippen LogP contribution is -2.27. The van der Waals surface area contributed by atoms with Gasteiger partial charge in [-0.2, -0.15) is 0 Å². The molecule has 1 aliphatic heterocycles. The second-order valence-corrected chi connectivity index (χ2v) is 4.80. The molecule has 1 aromatic rings. The molecule has 0 bridgehead atoms. The van der Waals surface area contributed by atoms with Crippen LogP contribution in [0.5, 0.6) is 5.75 Å². The van der Waals surface area contributed by atoms with E-state index < -0.39 is 0 Å². The zero-order valence-electron chi connectivity index (χ0n) is 11.9. The van der Waals surface area contributed by atoms with Crippen molar-refractivity contribution in [3.05, 3.63) is 24.3 Å². The molecule has 5 nitrogen and oxygen atoms in total. The van der Waals surface area contributed by atoms with Crippen LogP contribution in [0.1, 0.15) is 19.8 Å². The van der Waals surface area contributed by atoms with Crippen molar-refractivity contribution >= 4 is 11.6 Å². The first kappa shape index (κ1) is 14.8. The maximum atomic E-state index is 11.6. The number of ether oxygens (including phenoxy) is 2. The molecule has 0 spiro atoms. The third-order valence-corrected chi connectivity index (χ3v) is 3.11. The Bertz CT molecular complexity index is 431. The van der Waals surface area contributed by atoms with E-state index in [1.807, 2.05) is 31.2 Å². The number of carbonyl (C=O) groups is 1. The molecule has 1 heterocycles. The average Bonchev–Trinajstić information content (AvgIpc) is 2.97. The van der Waals surface area contributed by atoms with Crippen LogP contribution < -0.4 is 15.4 Å². The van der Waals surface area contributed by atoms with Crippen molar-refractivity contribution < 1.29 is 14.3 Å². The minimum absolute atomic E-state index is 0.0527. The lowest BCUT2D eigenvalue weighted by atomic mass is 10.2. The lowest BCUT2D eigenvalue weighted by Gasteiger charge is -2.12. The van der Waals surface area contributed by atoms with Crippen molar-refractivity contribution in [1.29, 1.82) is 0 Å². The third-order valence-electron chi connectivity index (χ3n) is 3.11. The zero-order valence-corrected chi connectivity index (χ0v) is 11.9. The fourth-order valence-corrected chi connectivity index (χ4v) is 2.07. The SMILES string of the molecule is CCNCC(=O)Nc1cccc(OCC2CCCO2)c1. The minimum atomic E-state index is -0.0527. The number of rotatable bonds is 7. The Morgan fingerprint density at radius 1 is 1.50 bits per heavy atom. The van der Waals surface area contributed by atoms with Gasteiger partial charge in [0.05, 0.1) is 12.6 Å². The summed E-state index contributed by atoms with van der Waals surface area (Å²) in [6.45, 7) is 4.45. The maximum Gasteiger partial charge on any atom is 0.238 e. The lowest BCUT2D eigenvalue weighted by molar-refractivity contribution is -0.115. The van der Waals surface area contributed by atoms with E-state index in [0.29, 0.717) is 13.2 Å². The Hall–Kier alpha value is -1.59. The second kappa shape index (κ2) is 7.87. The molecule has 0 radical (unpaired) electrons. The molecule has 110 valence electrons. The summed E-state index contributed by atoms with van der Waals surface area (Å²) < 4.78 is 11.2. The van der Waals surface area contributed by atoms with Gasteiger partial charge in [0.15, 0.2) is 0 Å². The first-order valence-electron chi connectivity index (χ1n) is 7.13. The van der Waals surface area contributed by atoms with E-state index in [4.69, 9.17) is 9.47 Å². The van der Waals surface area contributed by atoms with Gasteiger partial charge in [-0.05, 0) is 31.5 Å². The van der Waals surface area contributed by atoms with Crippen LogP contribution in [-0.4, -0.2) is 38.3 Å². The summed E-state index contributed by atoms with van der Waals surface area (Å²) >= 11 is 0. The van der Waals surface area contributed by atoms with Gasteiger partial charge in [-0.15, -0.1) is 0 Å². The summed E-state index contributed by atoms with van der Waals surface area (Å²) in [5, 5.41) is 5.82. The molecule has 1 aliphatic rings. The standard InChI is InChI=1S/C15H22N2O3/c1-2-16-10-15(18)17-12-5-3-6-13(9-12)20-11-14-7-4-8-19-14/h3,5-6,9,14,16H,2,4,7-8,10-11H2,1H3,(H,17,18). The van der Waals surface area contributed by atoms with Crippen molar-refractivity contribution in [1.82, 2.24) is 5.32 Å². The fourth-order valence-electron chi connectivity index (χ4n) is 2.07. The van der Waals surface area contributed by atoms with E-state index in [1.54, 1.807) is 0 Å². The van der Waals surface area contributed by atoms with Crippen molar-refractivity contribution in [2.45, 2.75) is 25.9 Å². The highest BCUT2D eigenvalue weighted by Gasteiger charge is 2.16. The minimum Gasteiger partial charge on any atom is -0.491 e. The molecule has 0 aliphatic carbocycles. The molecule has 1 unspecified atom stereocenters. The molecule has 2 rings (SSSR count). The smallest absolute Gasteiger partial charge is 0.238 e. The third kappa shape index (κ3) is 4.83. The molecular weight excluding hydrogens is 256 g/mol. The molecule has 5 heteroatoms. The van der Waals surface area contributed by atoms with Crippen LogP contribution in [0, 0.1) is 0 Å². The molecular formula is C15H22N2O3. The highest BCUT2D eigenvalue weighted by molar-refractivity contribution is 5.92. The van der Waals surface area contributed by atoms with Crippen molar-refractivity contribution in [2.24, 2.45) is 0 Å². The molecule has 1 saturated heterocycles. The second-order valence-electron chi connectivity index (χ2n) is 4.80. The number of likely N-dealkylation sites (N-methyl/N-ethyl adjacent to an activating group) is 1. The monoisotopic (exact) mass is 278 g/mol. The quantitative estimate of drug-likeness (QED) is 0.798. The van der Waals surface area contributed by atoms with Gasteiger partial charge in [-0.25, -0.2) is 0 Å². The van der Waals surface area contributed by atoms with Gasteiger partial charge < -0.3 is 20.1 Å². The number of nitrogens with one attached hydrogen (secondary N) is 2. The predicted octanol–water partition coefficient (Wildman–Crippen LogP) is 1.79. The van der Waals surface area contributed by atoms with Crippen molar-refractivity contribution in [3.8, 4) is 5.75 Å². The fraction of sp³-hybridized carbons (Fsp3) is 0.533. The molecule has 0 saturated carbocycles. The Kier molecular flexibility index (Phi) is 5.83. The molecule has 0 aromatic heterocycles. The zero-order chi connectivity index (χ0) is 14.2. The summed E-state index contributed by atoms with van der Waals surface area (Å²) in [5.41, 5.74) is 0.748. The first-order valence-corrected chi connectivity index (χ1v) is 7.13. The van der Waals surface area contributed by atoms with Crippen LogP contribution >= 0.6 is 0 Å². The summed E-state index contributed by atoms with van der Waals surface area (Å²) in [7, 11) is 0. The molecule has 2 N–H and O–H groups in total. The molecule has 1 amide bonds. The summed E-state index contributed by atoms with van der Waals surface area (Å²) in [6, 6.07) is 7.43. The number of hydrogen-bond acceptors (Lipinski definition) is 4. The normalized spacial score (nSPS) is 17.9. The van der Waals surface area contributed by atoms with Crippen LogP contribution in [0.4, 0.5) is 5.69 Å². The Morgan fingerprint density at radius 3 is 3.15 bits per heavy atom. The summed E-state index contributed by atoms with van der Waals surface area (Å²) in [6.07, 6.45) is 2.36. The number of hydrogen-bond donors (Lipinski definition) is 2. The molecule has 1 aromatic carbocycles. The van der Waals surface area contributed by atoms with E-state index in [2.05, 4.69) is 10.6 Å². The molecule has 20 heavy (non-hydrogen) atoms. The molecule has 1 fully saturated rings. The van der Waals surface area contributed by atoms with E-state index in [1.165, 1.54) is 0 Å². The number of anilines is 1. The topological polar surface area (TPSA) is 59.6 Å². The van der Waals surface area contributed by atoms with E-state index in [9.17, 15) is 4.79 Å². The van der Waals surface area contributed by atoms with Crippen LogP contribution in [0.15, 0.2) is 24.3 Å². The Balaban J connectivity index is 1.82. The number of benzene rings is 1. The Morgan fingerprint density at radius 2 is 2.40 bits per heavy atom. The Labute approximate surface area is 119 Å². The van der Waals surface area contributed by atoms with Gasteiger partial charge in [-0.1, -0.05) is 13.0 Å². The maximum absolute atomic E-state index is 11.6. The van der Waals surface area contributed by atoms with Crippen LogP contribution in [-0.2, 0) is 9.53 Å². The largest absolute Gasteiger partial charge is 0.491 e. The molecule has 1 atom stereocenters. The van der Waals surface area contributed by atoms with E-state index in [-0.39, 0.29) is 12.0 Å². The van der Waals surface area contributed by atoms with Gasteiger partial charge in [0.25, 0.3) is 0 Å². The highest BCUT2D eigenvalue weighted by atomic mass is 16.5. The van der Waals surface area contributed by atoms with Gasteiger partial charge in [0.2, 0.25) is 5.91 Å². The van der Waals surface area contributed by atoms with Gasteiger partial charge in [0.1, 0.15) is 12.4 Å². The first-order chi connectivity index (χ1) is 9.78. The van der Waals surface area contributed by atoms with E-state index >= 15 is 0 Å². The highest BCUT2D eigenvalue weighted by Crippen LogP contribution is 2.19. The van der Waals surface area contributed by atoms with Crippen LogP contribution in [0.3, 0.4) is 0 Å². The van der Waals surface area contributed by atoms with Crippen LogP contribution in [0.25, 0.3) is 0 Å². The van der Waals surface area contributed by atoms with Gasteiger partial charge in [-0.3, -0.25) is 4.79 Å². The summed E-state index contributed by atoms with van der Waals surface area (Å²) in [5.74, 6) is 0.699. The predicted molar refractivity (Wildman–Crippen MR) is 78.1 cm³/mol. The van der Waals surface area contributed by atoms with Gasteiger partial charge >= 0.3 is 0 Å². The summed E-state index contributed by atoms with van der Waals surface area (Å²) in [4.78, 5) is 11.6.